The molecule has 0 fully saturated rings. The van der Waals surface area contributed by atoms with Gasteiger partial charge in [0.25, 0.3) is 0 Å². The van der Waals surface area contributed by atoms with Gasteiger partial charge in [-0.1, -0.05) is 23.8 Å². The summed E-state index contributed by atoms with van der Waals surface area (Å²) in [7, 11) is 0. The summed E-state index contributed by atoms with van der Waals surface area (Å²) < 4.78 is 0. The third kappa shape index (κ3) is 8.15. The van der Waals surface area contributed by atoms with E-state index in [0.717, 1.165) is 5.92 Å². The number of carbonyl (C=O) groups is 3. The number of carboxylic acids is 3. The van der Waals surface area contributed by atoms with Gasteiger partial charge in [0, 0.05) is 0 Å². The summed E-state index contributed by atoms with van der Waals surface area (Å²) in [6.45, 7) is 8.33. The summed E-state index contributed by atoms with van der Waals surface area (Å²) in [4.78, 5) is 30.5. The first-order chi connectivity index (χ1) is 10.5. The van der Waals surface area contributed by atoms with E-state index in [4.69, 9.17) is 20.4 Å². The minimum absolute atomic E-state index is 0.767. The molecule has 1 aliphatic rings. The van der Waals surface area contributed by atoms with Crippen LogP contribution >= 0.6 is 0 Å². The van der Waals surface area contributed by atoms with Gasteiger partial charge >= 0.3 is 17.9 Å². The Morgan fingerprint density at radius 3 is 1.96 bits per heavy atom. The minimum Gasteiger partial charge on any atom is -0.481 e. The molecule has 0 spiro atoms. The molecule has 23 heavy (non-hydrogen) atoms. The highest BCUT2D eigenvalue weighted by Crippen LogP contribution is 2.27. The molecule has 0 aromatic heterocycles. The van der Waals surface area contributed by atoms with Crippen molar-refractivity contribution in [1.29, 1.82) is 0 Å². The van der Waals surface area contributed by atoms with Crippen LogP contribution in [0.5, 0.6) is 0 Å². The first-order valence-corrected chi connectivity index (χ1v) is 7.18. The Morgan fingerprint density at radius 2 is 1.70 bits per heavy atom. The van der Waals surface area contributed by atoms with Gasteiger partial charge in [-0.25, -0.2) is 4.79 Å². The molecule has 0 heterocycles. The average Bonchev–Trinajstić information content (AvgIpc) is 2.37. The van der Waals surface area contributed by atoms with Gasteiger partial charge in [0.15, 0.2) is 5.60 Å². The Labute approximate surface area is 134 Å². The number of aliphatic hydroxyl groups is 1. The van der Waals surface area contributed by atoms with E-state index in [0.29, 0.717) is 0 Å². The molecule has 0 unspecified atom stereocenters. The Morgan fingerprint density at radius 1 is 1.22 bits per heavy atom. The molecule has 0 aliphatic heterocycles. The van der Waals surface area contributed by atoms with E-state index in [1.807, 2.05) is 0 Å². The van der Waals surface area contributed by atoms with Crippen LogP contribution in [0.2, 0.25) is 0 Å². The van der Waals surface area contributed by atoms with Gasteiger partial charge in [0.2, 0.25) is 0 Å². The lowest BCUT2D eigenvalue weighted by Gasteiger charge is -2.19. The summed E-state index contributed by atoms with van der Waals surface area (Å²) in [5, 5.41) is 33.8. The maximum absolute atomic E-state index is 10.3. The predicted octanol–water partition coefficient (Wildman–Crippen LogP) is 2.06. The minimum atomic E-state index is -2.74. The smallest absolute Gasteiger partial charge is 0.336 e. The molecule has 1 atom stereocenters. The van der Waals surface area contributed by atoms with E-state index in [-0.39, 0.29) is 0 Å². The zero-order valence-electron chi connectivity index (χ0n) is 13.4. The molecule has 4 N–H and O–H groups in total. The van der Waals surface area contributed by atoms with Crippen LogP contribution in [-0.4, -0.2) is 43.9 Å². The lowest BCUT2D eigenvalue weighted by molar-refractivity contribution is -0.170. The largest absolute Gasteiger partial charge is 0.481 e. The molecule has 1 aliphatic carbocycles. The molecule has 0 aromatic carbocycles. The quantitative estimate of drug-likeness (QED) is 0.549. The predicted molar refractivity (Wildman–Crippen MR) is 83.0 cm³/mol. The average molecular weight is 328 g/mol. The fraction of sp³-hybridized carbons (Fsp3) is 0.562. The Bertz CT molecular complexity index is 489. The number of aliphatic carboxylic acids is 3. The number of carboxylic acid groups (broad SMARTS) is 3. The zero-order chi connectivity index (χ0) is 18.2. The topological polar surface area (TPSA) is 132 Å². The van der Waals surface area contributed by atoms with Crippen molar-refractivity contribution in [3.05, 3.63) is 23.8 Å². The molecule has 7 heteroatoms. The van der Waals surface area contributed by atoms with E-state index in [1.165, 1.54) is 24.8 Å². The van der Waals surface area contributed by atoms with E-state index in [1.54, 1.807) is 5.57 Å². The van der Waals surface area contributed by atoms with Gasteiger partial charge in [0.05, 0.1) is 12.8 Å². The Balaban J connectivity index is 0.000000433. The summed E-state index contributed by atoms with van der Waals surface area (Å²) in [5.41, 5.74) is 0.166. The van der Waals surface area contributed by atoms with E-state index >= 15 is 0 Å². The normalized spacial score (nSPS) is 17.3. The van der Waals surface area contributed by atoms with Gasteiger partial charge in [0.1, 0.15) is 0 Å². The summed E-state index contributed by atoms with van der Waals surface area (Å²) >= 11 is 0. The summed E-state index contributed by atoms with van der Waals surface area (Å²) in [6, 6.07) is 0. The van der Waals surface area contributed by atoms with Gasteiger partial charge in [-0.3, -0.25) is 9.59 Å². The number of hydrogen-bond acceptors (Lipinski definition) is 4. The molecular weight excluding hydrogens is 304 g/mol. The Kier molecular flexibility index (Phi) is 8.24. The first kappa shape index (κ1) is 20.9. The van der Waals surface area contributed by atoms with Crippen LogP contribution in [0.4, 0.5) is 0 Å². The highest BCUT2D eigenvalue weighted by molar-refractivity contribution is 5.88. The highest BCUT2D eigenvalue weighted by atomic mass is 16.4. The molecule has 0 saturated carbocycles. The van der Waals surface area contributed by atoms with Gasteiger partial charge < -0.3 is 20.4 Å². The number of hydrogen-bond donors (Lipinski definition) is 4. The standard InChI is InChI=1S/C10H16.C6H8O7/c1-8(2)10-6-4-9(3)5-7-10;7-3(8)1-6(13,5(11)12)2-4(9)10/h4,10H,1,5-7H2,2-3H3;13H,1-2H2,(H,7,8)(H,9,10)(H,11,12)/t10-;/m0./s1. The molecule has 130 valence electrons. The van der Waals surface area contributed by atoms with Crippen LogP contribution in [0.1, 0.15) is 46.0 Å². The van der Waals surface area contributed by atoms with E-state index < -0.39 is 36.4 Å². The molecule has 7 nitrogen and oxygen atoms in total. The van der Waals surface area contributed by atoms with Crippen molar-refractivity contribution in [1.82, 2.24) is 0 Å². The fourth-order valence-corrected chi connectivity index (χ4v) is 2.13. The molecule has 0 amide bonds. The van der Waals surface area contributed by atoms with Crippen molar-refractivity contribution in [3.8, 4) is 0 Å². The summed E-state index contributed by atoms with van der Waals surface area (Å²) in [5.74, 6) is -4.25. The van der Waals surface area contributed by atoms with Crippen molar-refractivity contribution in [2.45, 2.75) is 51.6 Å². The second-order valence-electron chi connectivity index (χ2n) is 5.85. The maximum atomic E-state index is 10.3. The van der Waals surface area contributed by atoms with Crippen molar-refractivity contribution in [3.63, 3.8) is 0 Å². The maximum Gasteiger partial charge on any atom is 0.336 e. The van der Waals surface area contributed by atoms with Crippen molar-refractivity contribution < 1.29 is 34.8 Å². The monoisotopic (exact) mass is 328 g/mol. The third-order valence-corrected chi connectivity index (χ3v) is 3.62. The zero-order valence-corrected chi connectivity index (χ0v) is 13.4. The number of rotatable bonds is 6. The first-order valence-electron chi connectivity index (χ1n) is 7.18. The lowest BCUT2D eigenvalue weighted by Crippen LogP contribution is -2.42. The molecule has 0 radical (unpaired) electrons. The van der Waals surface area contributed by atoms with Gasteiger partial charge in [-0.2, -0.15) is 0 Å². The van der Waals surface area contributed by atoms with Crippen LogP contribution in [-0.2, 0) is 14.4 Å². The van der Waals surface area contributed by atoms with Crippen LogP contribution in [0.3, 0.4) is 0 Å². The Hall–Kier alpha value is -2.15. The van der Waals surface area contributed by atoms with Crippen molar-refractivity contribution in [2.24, 2.45) is 5.92 Å². The third-order valence-electron chi connectivity index (χ3n) is 3.62. The van der Waals surface area contributed by atoms with E-state index in [9.17, 15) is 14.4 Å². The second kappa shape index (κ2) is 9.09. The van der Waals surface area contributed by atoms with E-state index in [2.05, 4.69) is 26.5 Å². The molecular formula is C16H24O7. The van der Waals surface area contributed by atoms with Gasteiger partial charge in [-0.05, 0) is 39.0 Å². The molecule has 0 saturated heterocycles. The van der Waals surface area contributed by atoms with Crippen molar-refractivity contribution in [2.75, 3.05) is 0 Å². The number of allylic oxidation sites excluding steroid dienone is 3. The molecule has 1 rings (SSSR count). The molecule has 0 bridgehead atoms. The summed E-state index contributed by atoms with van der Waals surface area (Å²) in [6.07, 6.45) is 3.88. The second-order valence-corrected chi connectivity index (χ2v) is 5.85. The van der Waals surface area contributed by atoms with Gasteiger partial charge in [-0.15, -0.1) is 0 Å². The van der Waals surface area contributed by atoms with Crippen LogP contribution in [0, 0.1) is 5.92 Å². The SMILES string of the molecule is C=C(C)[C@H]1CC=C(C)CC1.O=C(O)CC(O)(CC(=O)O)C(=O)O. The van der Waals surface area contributed by atoms with Crippen LogP contribution in [0.25, 0.3) is 0 Å². The molecule has 0 aromatic rings. The van der Waals surface area contributed by atoms with Crippen LogP contribution in [0.15, 0.2) is 23.8 Å². The lowest BCUT2D eigenvalue weighted by atomic mass is 9.86. The van der Waals surface area contributed by atoms with Crippen molar-refractivity contribution >= 4 is 17.9 Å². The van der Waals surface area contributed by atoms with Crippen LogP contribution < -0.4 is 0 Å². The highest BCUT2D eigenvalue weighted by Gasteiger charge is 2.40. The fourth-order valence-electron chi connectivity index (χ4n) is 2.13.